The molecule has 0 spiro atoms. The van der Waals surface area contributed by atoms with Gasteiger partial charge in [0.15, 0.2) is 11.5 Å². The van der Waals surface area contributed by atoms with Crippen LogP contribution in [0.1, 0.15) is 22.2 Å². The Morgan fingerprint density at radius 1 is 1.35 bits per heavy atom. The monoisotopic (exact) mass is 538 g/mol. The van der Waals surface area contributed by atoms with Gasteiger partial charge in [-0.3, -0.25) is 10.2 Å². The van der Waals surface area contributed by atoms with Crippen LogP contribution in [0.2, 0.25) is 5.02 Å². The zero-order valence-corrected chi connectivity index (χ0v) is 20.8. The van der Waals surface area contributed by atoms with Crippen LogP contribution in [0.3, 0.4) is 0 Å². The summed E-state index contributed by atoms with van der Waals surface area (Å²) in [4.78, 5) is 30.2. The molecular formula is C20H15ClN4O6S3. The summed E-state index contributed by atoms with van der Waals surface area (Å²) in [5.74, 6) is -1.57. The van der Waals surface area contributed by atoms with E-state index in [2.05, 4.69) is 9.39 Å². The van der Waals surface area contributed by atoms with Gasteiger partial charge in [-0.25, -0.2) is 18.1 Å². The highest BCUT2D eigenvalue weighted by Gasteiger charge is 2.41. The Morgan fingerprint density at radius 2 is 2.12 bits per heavy atom. The lowest BCUT2D eigenvalue weighted by atomic mass is 10.1. The fraction of sp³-hybridized carbons (Fsp3) is 0.150. The van der Waals surface area contributed by atoms with E-state index >= 15 is 0 Å². The van der Waals surface area contributed by atoms with Gasteiger partial charge in [-0.05, 0) is 42.1 Å². The maximum atomic E-state index is 12.6. The molecule has 2 aliphatic heterocycles. The van der Waals surface area contributed by atoms with Crippen LogP contribution in [-0.2, 0) is 14.6 Å². The van der Waals surface area contributed by atoms with Gasteiger partial charge in [-0.15, -0.1) is 11.3 Å². The highest BCUT2D eigenvalue weighted by atomic mass is 35.5. The smallest absolute Gasteiger partial charge is 0.353 e. The number of carbonyl (C=O) groups excluding carboxylic acids is 2. The molecule has 1 N–H and O–H groups in total. The molecule has 0 aliphatic carbocycles. The number of nitrogens with zero attached hydrogens (tertiary/aromatic N) is 3. The number of fused-ring (bicyclic) bond motifs is 1. The third kappa shape index (κ3) is 4.64. The number of amides is 1. The Morgan fingerprint density at radius 3 is 2.76 bits per heavy atom. The molecule has 176 valence electrons. The highest BCUT2D eigenvalue weighted by Crippen LogP contribution is 2.38. The van der Waals surface area contributed by atoms with Crippen LogP contribution in [-0.4, -0.2) is 54.2 Å². The van der Waals surface area contributed by atoms with Crippen molar-refractivity contribution in [3.63, 3.8) is 0 Å². The molecule has 0 bridgehead atoms. The minimum absolute atomic E-state index is 0.0110. The summed E-state index contributed by atoms with van der Waals surface area (Å²) >= 11 is 8.29. The molecule has 3 heterocycles. The van der Waals surface area contributed by atoms with Gasteiger partial charge < -0.3 is 9.47 Å². The molecular weight excluding hydrogens is 524 g/mol. The van der Waals surface area contributed by atoms with Crippen LogP contribution in [0.5, 0.6) is 11.5 Å². The van der Waals surface area contributed by atoms with Crippen molar-refractivity contribution in [1.29, 1.82) is 5.41 Å². The Hall–Kier alpha value is -3.00. The maximum absolute atomic E-state index is 12.6. The molecule has 10 nitrogen and oxygen atoms in total. The van der Waals surface area contributed by atoms with E-state index in [1.807, 2.05) is 0 Å². The van der Waals surface area contributed by atoms with E-state index in [-0.39, 0.29) is 39.0 Å². The molecule has 0 saturated heterocycles. The fourth-order valence-electron chi connectivity index (χ4n) is 2.98. The van der Waals surface area contributed by atoms with Gasteiger partial charge >= 0.3 is 5.97 Å². The van der Waals surface area contributed by atoms with Crippen LogP contribution < -0.4 is 9.47 Å². The molecule has 2 aliphatic rings. The number of carbonyl (C=O) groups is 2. The number of nitrogens with one attached hydrogen (secondary N) is 1. The summed E-state index contributed by atoms with van der Waals surface area (Å²) in [5, 5.41) is 9.80. The number of amidine groups is 3. The SMILES string of the molecule is CCOc1cc(/C=C2/C(=N)N3C(=NC2=O)SN=C3S(C)(=O)=O)cc(Cl)c1OC(=O)c1cccs1. The van der Waals surface area contributed by atoms with Crippen LogP contribution in [0, 0.1) is 5.41 Å². The molecule has 0 saturated carbocycles. The highest BCUT2D eigenvalue weighted by molar-refractivity contribution is 8.16. The van der Waals surface area contributed by atoms with Crippen LogP contribution in [0.15, 0.2) is 44.6 Å². The molecule has 2 aromatic rings. The van der Waals surface area contributed by atoms with Crippen molar-refractivity contribution >= 4 is 78.8 Å². The van der Waals surface area contributed by atoms with E-state index in [9.17, 15) is 18.0 Å². The second-order valence-electron chi connectivity index (χ2n) is 6.81. The van der Waals surface area contributed by atoms with Gasteiger partial charge in [0.05, 0.1) is 29.2 Å². The van der Waals surface area contributed by atoms with Crippen molar-refractivity contribution in [3.8, 4) is 11.5 Å². The van der Waals surface area contributed by atoms with Gasteiger partial charge in [0.1, 0.15) is 10.7 Å². The summed E-state index contributed by atoms with van der Waals surface area (Å²) in [7, 11) is -3.77. The van der Waals surface area contributed by atoms with Crippen molar-refractivity contribution in [1.82, 2.24) is 4.90 Å². The minimum Gasteiger partial charge on any atom is -0.490 e. The van der Waals surface area contributed by atoms with E-state index in [4.69, 9.17) is 26.5 Å². The van der Waals surface area contributed by atoms with Gasteiger partial charge in [0.25, 0.3) is 5.91 Å². The van der Waals surface area contributed by atoms with E-state index in [0.717, 1.165) is 11.2 Å². The van der Waals surface area contributed by atoms with Crippen molar-refractivity contribution in [3.05, 3.63) is 50.7 Å². The number of hydrogen-bond acceptors (Lipinski definition) is 10. The van der Waals surface area contributed by atoms with E-state index < -0.39 is 27.5 Å². The Kier molecular flexibility index (Phi) is 6.62. The van der Waals surface area contributed by atoms with E-state index in [0.29, 0.717) is 22.4 Å². The number of rotatable bonds is 5. The van der Waals surface area contributed by atoms with Gasteiger partial charge in [0.2, 0.25) is 20.2 Å². The van der Waals surface area contributed by atoms with Crippen LogP contribution in [0.4, 0.5) is 0 Å². The summed E-state index contributed by atoms with van der Waals surface area (Å²) in [5.41, 5.74) is 0.172. The molecule has 0 radical (unpaired) electrons. The molecule has 4 rings (SSSR count). The van der Waals surface area contributed by atoms with Crippen molar-refractivity contribution in [2.45, 2.75) is 6.92 Å². The summed E-state index contributed by atoms with van der Waals surface area (Å²) in [6.45, 7) is 1.97. The van der Waals surface area contributed by atoms with Gasteiger partial charge in [-0.2, -0.15) is 9.39 Å². The number of halogens is 1. The summed E-state index contributed by atoms with van der Waals surface area (Å²) in [6, 6.07) is 6.24. The second-order valence-corrected chi connectivity index (χ2v) is 10.8. The number of thiophene rings is 1. The average molecular weight is 539 g/mol. The Bertz CT molecular complexity index is 1410. The van der Waals surface area contributed by atoms with E-state index in [1.54, 1.807) is 24.4 Å². The van der Waals surface area contributed by atoms with E-state index in [1.165, 1.54) is 29.5 Å². The molecule has 1 aromatic carbocycles. The molecule has 1 aromatic heterocycles. The quantitative estimate of drug-likeness (QED) is 0.263. The predicted molar refractivity (Wildman–Crippen MR) is 132 cm³/mol. The number of ether oxygens (including phenoxy) is 2. The normalized spacial score (nSPS) is 16.9. The standard InChI is InChI=1S/C20H15ClN4O6S3/c1-3-30-13-9-10(8-12(21)15(13)31-18(27)14-5-4-6-32-14)7-11-16(22)25-19(23-17(11)26)33-24-20(25)34(2,28)29/h4-9,22H,3H2,1-2H3/b11-7-,22-16?. The topological polar surface area (TPSA) is 139 Å². The van der Waals surface area contributed by atoms with Crippen LogP contribution in [0.25, 0.3) is 6.08 Å². The first kappa shape index (κ1) is 24.1. The average Bonchev–Trinajstić information content (AvgIpc) is 3.43. The first-order valence-electron chi connectivity index (χ1n) is 9.51. The summed E-state index contributed by atoms with van der Waals surface area (Å²) < 4.78 is 38.9. The number of benzene rings is 1. The van der Waals surface area contributed by atoms with Crippen molar-refractivity contribution in [2.75, 3.05) is 12.9 Å². The van der Waals surface area contributed by atoms with Crippen molar-refractivity contribution in [2.24, 2.45) is 9.39 Å². The first-order chi connectivity index (χ1) is 16.1. The second kappa shape index (κ2) is 9.33. The summed E-state index contributed by atoms with van der Waals surface area (Å²) in [6.07, 6.45) is 2.28. The number of sulfone groups is 1. The van der Waals surface area contributed by atoms with Crippen LogP contribution >= 0.6 is 34.9 Å². The first-order valence-corrected chi connectivity index (χ1v) is 13.4. The number of hydrogen-bond donors (Lipinski definition) is 1. The molecule has 0 unspecified atom stereocenters. The third-order valence-electron chi connectivity index (χ3n) is 4.39. The van der Waals surface area contributed by atoms with Gasteiger partial charge in [-0.1, -0.05) is 17.7 Å². The Balaban J connectivity index is 1.71. The zero-order chi connectivity index (χ0) is 24.6. The lowest BCUT2D eigenvalue weighted by Crippen LogP contribution is -2.45. The zero-order valence-electron chi connectivity index (χ0n) is 17.6. The van der Waals surface area contributed by atoms with Gasteiger partial charge in [0, 0.05) is 6.26 Å². The molecule has 0 atom stereocenters. The minimum atomic E-state index is -3.77. The predicted octanol–water partition coefficient (Wildman–Crippen LogP) is 3.64. The molecule has 14 heteroatoms. The largest absolute Gasteiger partial charge is 0.490 e. The maximum Gasteiger partial charge on any atom is 0.353 e. The fourth-order valence-corrected chi connectivity index (χ4v) is 5.68. The number of esters is 1. The molecule has 1 amide bonds. The molecule has 0 fully saturated rings. The third-order valence-corrected chi connectivity index (χ3v) is 7.27. The lowest BCUT2D eigenvalue weighted by molar-refractivity contribution is -0.114. The number of aliphatic imine (C=N–C) groups is 1. The van der Waals surface area contributed by atoms with Crippen molar-refractivity contribution < 1.29 is 27.5 Å². The lowest BCUT2D eigenvalue weighted by Gasteiger charge is -2.24. The Labute approximate surface area is 207 Å². The molecule has 34 heavy (non-hydrogen) atoms.